The summed E-state index contributed by atoms with van der Waals surface area (Å²) < 4.78 is 5.10. The summed E-state index contributed by atoms with van der Waals surface area (Å²) in [6.07, 6.45) is 0.982. The molecule has 3 N–H and O–H groups in total. The van der Waals surface area contributed by atoms with Crippen LogP contribution in [0.4, 0.5) is 10.5 Å². The van der Waals surface area contributed by atoms with E-state index in [1.165, 1.54) is 0 Å². The van der Waals surface area contributed by atoms with Crippen molar-refractivity contribution in [3.05, 3.63) is 24.3 Å². The van der Waals surface area contributed by atoms with E-state index in [2.05, 4.69) is 10.2 Å². The molecule has 0 aliphatic carbocycles. The van der Waals surface area contributed by atoms with Gasteiger partial charge in [-0.25, -0.2) is 4.79 Å². The minimum atomic E-state index is -0.0465. The molecule has 0 spiro atoms. The van der Waals surface area contributed by atoms with E-state index in [4.69, 9.17) is 10.5 Å². The molecule has 21 heavy (non-hydrogen) atoms. The Morgan fingerprint density at radius 2 is 2.00 bits per heavy atom. The van der Waals surface area contributed by atoms with Crippen molar-refractivity contribution < 1.29 is 9.53 Å². The Kier molecular flexibility index (Phi) is 5.83. The molecule has 0 unspecified atom stereocenters. The molecule has 1 aromatic carbocycles. The summed E-state index contributed by atoms with van der Waals surface area (Å²) >= 11 is 0. The Hall–Kier alpha value is -1.79. The van der Waals surface area contributed by atoms with Crippen molar-refractivity contribution in [2.75, 3.05) is 51.7 Å². The van der Waals surface area contributed by atoms with E-state index in [1.807, 2.05) is 29.2 Å². The first-order valence-electron chi connectivity index (χ1n) is 7.35. The Morgan fingerprint density at radius 1 is 1.24 bits per heavy atom. The normalized spacial score (nSPS) is 16.4. The van der Waals surface area contributed by atoms with Crippen molar-refractivity contribution in [1.82, 2.24) is 9.80 Å². The molecule has 0 radical (unpaired) electrons. The number of carbonyl (C=O) groups excluding carboxylic acids is 1. The second-order valence-corrected chi connectivity index (χ2v) is 5.13. The van der Waals surface area contributed by atoms with Crippen molar-refractivity contribution in [3.8, 4) is 5.75 Å². The zero-order valence-corrected chi connectivity index (χ0v) is 12.5. The summed E-state index contributed by atoms with van der Waals surface area (Å²) in [6.45, 7) is 4.97. The van der Waals surface area contributed by atoms with Gasteiger partial charge in [-0.05, 0) is 37.2 Å². The van der Waals surface area contributed by atoms with Gasteiger partial charge in [-0.15, -0.1) is 0 Å². The highest BCUT2D eigenvalue weighted by molar-refractivity contribution is 5.89. The molecular weight excluding hydrogens is 268 g/mol. The number of hydrogen-bond donors (Lipinski definition) is 2. The van der Waals surface area contributed by atoms with E-state index in [-0.39, 0.29) is 6.03 Å². The molecule has 6 nitrogen and oxygen atoms in total. The minimum absolute atomic E-state index is 0.0465. The van der Waals surface area contributed by atoms with E-state index >= 15 is 0 Å². The first-order valence-corrected chi connectivity index (χ1v) is 7.35. The second-order valence-electron chi connectivity index (χ2n) is 5.13. The fraction of sp³-hybridized carbons (Fsp3) is 0.533. The zero-order valence-electron chi connectivity index (χ0n) is 12.5. The van der Waals surface area contributed by atoms with Gasteiger partial charge in [0, 0.05) is 38.4 Å². The number of nitrogens with one attached hydrogen (secondary N) is 1. The molecule has 1 aliphatic rings. The number of carbonyl (C=O) groups is 1. The van der Waals surface area contributed by atoms with Gasteiger partial charge in [0.15, 0.2) is 0 Å². The largest absolute Gasteiger partial charge is 0.497 e. The third kappa shape index (κ3) is 4.61. The van der Waals surface area contributed by atoms with Gasteiger partial charge in [0.2, 0.25) is 0 Å². The quantitative estimate of drug-likeness (QED) is 0.874. The van der Waals surface area contributed by atoms with Crippen LogP contribution in [0.1, 0.15) is 6.42 Å². The van der Waals surface area contributed by atoms with Gasteiger partial charge >= 0.3 is 6.03 Å². The summed E-state index contributed by atoms with van der Waals surface area (Å²) in [5.41, 5.74) is 6.37. The number of benzene rings is 1. The van der Waals surface area contributed by atoms with Crippen LogP contribution in [0.25, 0.3) is 0 Å². The maximum Gasteiger partial charge on any atom is 0.321 e. The second kappa shape index (κ2) is 7.85. The van der Waals surface area contributed by atoms with E-state index in [0.29, 0.717) is 6.54 Å². The van der Waals surface area contributed by atoms with Crippen LogP contribution in [0.15, 0.2) is 24.3 Å². The number of amides is 2. The number of anilines is 1. The molecule has 0 atom stereocenters. The van der Waals surface area contributed by atoms with E-state index in [1.54, 1.807) is 7.11 Å². The lowest BCUT2D eigenvalue weighted by Gasteiger charge is -2.22. The topological polar surface area (TPSA) is 70.8 Å². The van der Waals surface area contributed by atoms with Crippen molar-refractivity contribution in [3.63, 3.8) is 0 Å². The van der Waals surface area contributed by atoms with E-state index < -0.39 is 0 Å². The van der Waals surface area contributed by atoms with Crippen LogP contribution in [-0.4, -0.2) is 62.2 Å². The van der Waals surface area contributed by atoms with Crippen LogP contribution in [0, 0.1) is 0 Å². The zero-order chi connectivity index (χ0) is 15.1. The number of nitrogens with zero attached hydrogens (tertiary/aromatic N) is 2. The van der Waals surface area contributed by atoms with Gasteiger partial charge in [-0.2, -0.15) is 0 Å². The number of methoxy groups -OCH3 is 1. The van der Waals surface area contributed by atoms with Crippen LogP contribution < -0.4 is 15.8 Å². The lowest BCUT2D eigenvalue weighted by atomic mass is 10.3. The maximum atomic E-state index is 12.3. The number of urea groups is 1. The van der Waals surface area contributed by atoms with Gasteiger partial charge in [-0.1, -0.05) is 0 Å². The minimum Gasteiger partial charge on any atom is -0.497 e. The first-order chi connectivity index (χ1) is 10.2. The molecule has 1 aromatic rings. The fourth-order valence-corrected chi connectivity index (χ4v) is 2.46. The van der Waals surface area contributed by atoms with Gasteiger partial charge < -0.3 is 25.6 Å². The smallest absolute Gasteiger partial charge is 0.321 e. The SMILES string of the molecule is COc1ccc(NC(=O)N2CCCN(CCN)CC2)cc1. The summed E-state index contributed by atoms with van der Waals surface area (Å²) in [4.78, 5) is 16.4. The summed E-state index contributed by atoms with van der Waals surface area (Å²) in [5, 5.41) is 2.93. The van der Waals surface area contributed by atoms with Crippen LogP contribution in [0.3, 0.4) is 0 Å². The molecule has 6 heteroatoms. The van der Waals surface area contributed by atoms with E-state index in [9.17, 15) is 4.79 Å². The van der Waals surface area contributed by atoms with Crippen LogP contribution >= 0.6 is 0 Å². The monoisotopic (exact) mass is 292 g/mol. The molecule has 0 aromatic heterocycles. The summed E-state index contributed by atoms with van der Waals surface area (Å²) in [7, 11) is 1.62. The molecule has 1 saturated heterocycles. The molecule has 1 heterocycles. The third-order valence-electron chi connectivity index (χ3n) is 3.66. The fourth-order valence-electron chi connectivity index (χ4n) is 2.46. The Morgan fingerprint density at radius 3 is 2.67 bits per heavy atom. The maximum absolute atomic E-state index is 12.3. The summed E-state index contributed by atoms with van der Waals surface area (Å²) in [6, 6.07) is 7.31. The van der Waals surface area contributed by atoms with Gasteiger partial charge in [0.25, 0.3) is 0 Å². The number of ether oxygens (including phenoxy) is 1. The summed E-state index contributed by atoms with van der Waals surface area (Å²) in [5.74, 6) is 0.778. The molecule has 1 aliphatic heterocycles. The van der Waals surface area contributed by atoms with Crippen LogP contribution in [-0.2, 0) is 0 Å². The van der Waals surface area contributed by atoms with Crippen LogP contribution in [0.2, 0.25) is 0 Å². The highest BCUT2D eigenvalue weighted by Gasteiger charge is 2.18. The number of rotatable bonds is 4. The predicted molar refractivity (Wildman–Crippen MR) is 83.7 cm³/mol. The standard InChI is InChI=1S/C15H24N4O2/c1-21-14-5-3-13(4-6-14)17-15(20)19-9-2-8-18(10-7-16)11-12-19/h3-6H,2,7-12,16H2,1H3,(H,17,20). The Balaban J connectivity index is 1.87. The molecule has 1 fully saturated rings. The average molecular weight is 292 g/mol. The van der Waals surface area contributed by atoms with E-state index in [0.717, 1.165) is 50.6 Å². The molecule has 0 saturated carbocycles. The lowest BCUT2D eigenvalue weighted by molar-refractivity contribution is 0.212. The van der Waals surface area contributed by atoms with Gasteiger partial charge in [0.1, 0.15) is 5.75 Å². The average Bonchev–Trinajstić information content (AvgIpc) is 2.74. The number of hydrogen-bond acceptors (Lipinski definition) is 4. The molecule has 2 rings (SSSR count). The highest BCUT2D eigenvalue weighted by Crippen LogP contribution is 2.15. The van der Waals surface area contributed by atoms with Crippen molar-refractivity contribution in [1.29, 1.82) is 0 Å². The predicted octanol–water partition coefficient (Wildman–Crippen LogP) is 1.19. The van der Waals surface area contributed by atoms with Crippen molar-refractivity contribution >= 4 is 11.7 Å². The highest BCUT2D eigenvalue weighted by atomic mass is 16.5. The third-order valence-corrected chi connectivity index (χ3v) is 3.66. The Labute approximate surface area is 125 Å². The Bertz CT molecular complexity index is 449. The number of nitrogens with two attached hydrogens (primary N) is 1. The molecular formula is C15H24N4O2. The van der Waals surface area contributed by atoms with Crippen LogP contribution in [0.5, 0.6) is 5.75 Å². The van der Waals surface area contributed by atoms with Gasteiger partial charge in [0.05, 0.1) is 7.11 Å². The molecule has 2 amide bonds. The van der Waals surface area contributed by atoms with Crippen molar-refractivity contribution in [2.24, 2.45) is 5.73 Å². The van der Waals surface area contributed by atoms with Crippen molar-refractivity contribution in [2.45, 2.75) is 6.42 Å². The first kappa shape index (κ1) is 15.6. The molecule has 0 bridgehead atoms. The van der Waals surface area contributed by atoms with Gasteiger partial charge in [-0.3, -0.25) is 0 Å². The lowest BCUT2D eigenvalue weighted by Crippen LogP contribution is -2.38. The molecule has 116 valence electrons.